The van der Waals surface area contributed by atoms with Crippen molar-refractivity contribution in [3.05, 3.63) is 24.3 Å². The molecule has 1 nitrogen and oxygen atoms in total. The summed E-state index contributed by atoms with van der Waals surface area (Å²) in [5, 5.41) is 8.19. The van der Waals surface area contributed by atoms with Gasteiger partial charge in [-0.2, -0.15) is 5.26 Å². The first kappa shape index (κ1) is 11.0. The van der Waals surface area contributed by atoms with E-state index in [1.165, 1.54) is 12.8 Å². The van der Waals surface area contributed by atoms with Crippen molar-refractivity contribution in [1.82, 2.24) is 0 Å². The lowest BCUT2D eigenvalue weighted by Crippen LogP contribution is -1.69. The minimum atomic E-state index is 1.02. The first-order valence-corrected chi connectivity index (χ1v) is 4.61. The molecule has 0 N–H and O–H groups in total. The summed E-state index contributed by atoms with van der Waals surface area (Å²) < 4.78 is 0. The normalized spacial score (nSPS) is 11.0. The van der Waals surface area contributed by atoms with Crippen molar-refractivity contribution in [2.24, 2.45) is 0 Å². The predicted molar refractivity (Wildman–Crippen MR) is 52.7 cm³/mol. The molecule has 0 radical (unpaired) electrons. The molecule has 0 aromatic rings. The molecule has 0 unspecified atom stereocenters. The number of nitrogens with zero attached hydrogens (tertiary/aromatic N) is 1. The van der Waals surface area contributed by atoms with E-state index in [-0.39, 0.29) is 0 Å². The van der Waals surface area contributed by atoms with E-state index < -0.39 is 0 Å². The molecule has 0 aliphatic carbocycles. The number of hydrogen-bond donors (Lipinski definition) is 0. The Bertz CT molecular complexity index is 172. The lowest BCUT2D eigenvalue weighted by molar-refractivity contribution is 0.859. The van der Waals surface area contributed by atoms with E-state index in [2.05, 4.69) is 19.1 Å². The Balaban J connectivity index is 3.11. The summed E-state index contributed by atoms with van der Waals surface area (Å²) in [4.78, 5) is 0. The molecule has 1 heteroatoms. The molecule has 0 rings (SSSR count). The van der Waals surface area contributed by atoms with Crippen LogP contribution in [0.3, 0.4) is 0 Å². The van der Waals surface area contributed by atoms with Crippen molar-refractivity contribution < 1.29 is 0 Å². The Morgan fingerprint density at radius 2 is 1.75 bits per heavy atom. The maximum absolute atomic E-state index is 8.19. The van der Waals surface area contributed by atoms with Crippen molar-refractivity contribution in [2.45, 2.75) is 39.0 Å². The Hall–Kier alpha value is -1.03. The van der Waals surface area contributed by atoms with Crippen LogP contribution in [0.2, 0.25) is 0 Å². The molecule has 0 aromatic carbocycles. The maximum Gasteiger partial charge on any atom is 0.0908 e. The second kappa shape index (κ2) is 9.97. The van der Waals surface area contributed by atoms with Gasteiger partial charge >= 0.3 is 0 Å². The predicted octanol–water partition coefficient (Wildman–Crippen LogP) is 3.59. The van der Waals surface area contributed by atoms with Gasteiger partial charge in [0.1, 0.15) is 0 Å². The minimum Gasteiger partial charge on any atom is -0.193 e. The number of nitriles is 1. The van der Waals surface area contributed by atoms with Crippen LogP contribution in [-0.2, 0) is 0 Å². The molecule has 0 aliphatic heterocycles. The molecule has 0 fully saturated rings. The monoisotopic (exact) mass is 163 g/mol. The second-order valence-corrected chi connectivity index (χ2v) is 2.72. The molecule has 66 valence electrons. The van der Waals surface area contributed by atoms with Crippen LogP contribution in [0.15, 0.2) is 24.3 Å². The average Bonchev–Trinajstić information content (AvgIpc) is 2.10. The fourth-order valence-electron chi connectivity index (χ4n) is 0.892. The summed E-state index contributed by atoms with van der Waals surface area (Å²) in [6.45, 7) is 2.18. The van der Waals surface area contributed by atoms with Crippen molar-refractivity contribution in [3.63, 3.8) is 0 Å². The number of allylic oxidation sites excluding steroid dienone is 4. The Morgan fingerprint density at radius 3 is 2.42 bits per heavy atom. The van der Waals surface area contributed by atoms with Gasteiger partial charge in [0.15, 0.2) is 0 Å². The quantitative estimate of drug-likeness (QED) is 0.333. The van der Waals surface area contributed by atoms with Crippen LogP contribution in [0.1, 0.15) is 39.0 Å². The highest BCUT2D eigenvalue weighted by Gasteiger charge is 1.79. The van der Waals surface area contributed by atoms with Gasteiger partial charge in [-0.15, -0.1) is 0 Å². The van der Waals surface area contributed by atoms with Crippen LogP contribution in [-0.4, -0.2) is 0 Å². The van der Waals surface area contributed by atoms with Crippen molar-refractivity contribution >= 4 is 0 Å². The van der Waals surface area contributed by atoms with Crippen LogP contribution >= 0.6 is 0 Å². The molecule has 0 bridgehead atoms. The van der Waals surface area contributed by atoms with Crippen molar-refractivity contribution in [1.29, 1.82) is 5.26 Å². The summed E-state index contributed by atoms with van der Waals surface area (Å²) >= 11 is 0. The molecule has 0 aliphatic rings. The summed E-state index contributed by atoms with van der Waals surface area (Å²) in [5.41, 5.74) is 0. The smallest absolute Gasteiger partial charge is 0.0908 e. The lowest BCUT2D eigenvalue weighted by Gasteiger charge is -1.88. The van der Waals surface area contributed by atoms with Crippen LogP contribution < -0.4 is 0 Å². The fourth-order valence-corrected chi connectivity index (χ4v) is 0.892. The number of rotatable bonds is 6. The van der Waals surface area contributed by atoms with Crippen LogP contribution in [0.4, 0.5) is 0 Å². The summed E-state index contributed by atoms with van der Waals surface area (Å²) in [5.74, 6) is 0. The van der Waals surface area contributed by atoms with Gasteiger partial charge < -0.3 is 0 Å². The van der Waals surface area contributed by atoms with Gasteiger partial charge in [0, 0.05) is 6.08 Å². The Labute approximate surface area is 75.4 Å². The Morgan fingerprint density at radius 1 is 1.08 bits per heavy atom. The molecule has 0 amide bonds. The van der Waals surface area contributed by atoms with E-state index in [4.69, 9.17) is 5.26 Å². The van der Waals surface area contributed by atoms with Gasteiger partial charge in [-0.25, -0.2) is 0 Å². The average molecular weight is 163 g/mol. The van der Waals surface area contributed by atoms with Crippen LogP contribution in [0, 0.1) is 11.3 Å². The maximum atomic E-state index is 8.19. The molecule has 0 saturated heterocycles. The molecule has 12 heavy (non-hydrogen) atoms. The molecule has 0 atom stereocenters. The van der Waals surface area contributed by atoms with E-state index >= 15 is 0 Å². The third kappa shape index (κ3) is 8.97. The molecule has 0 aromatic heterocycles. The first-order valence-electron chi connectivity index (χ1n) is 4.61. The molecular formula is C11H17N. The van der Waals surface area contributed by atoms with Gasteiger partial charge in [-0.05, 0) is 25.7 Å². The van der Waals surface area contributed by atoms with E-state index in [1.54, 1.807) is 6.08 Å². The fraction of sp³-hybridized carbons (Fsp3) is 0.545. The Kier molecular flexibility index (Phi) is 9.11. The molecule has 0 heterocycles. The zero-order chi connectivity index (χ0) is 9.07. The standard InChI is InChI=1S/C11H17N/c1-2-3-4-5-6-7-8-9-10-11-12/h4-5,9-10H,2-3,6-8H2,1H3. The summed E-state index contributed by atoms with van der Waals surface area (Å²) in [6.07, 6.45) is 13.7. The highest BCUT2D eigenvalue weighted by atomic mass is 14.2. The van der Waals surface area contributed by atoms with Gasteiger partial charge in [-0.3, -0.25) is 0 Å². The van der Waals surface area contributed by atoms with E-state index in [0.29, 0.717) is 0 Å². The van der Waals surface area contributed by atoms with E-state index in [9.17, 15) is 0 Å². The van der Waals surface area contributed by atoms with Crippen LogP contribution in [0.25, 0.3) is 0 Å². The second-order valence-electron chi connectivity index (χ2n) is 2.72. The lowest BCUT2D eigenvalue weighted by atomic mass is 10.2. The third-order valence-electron chi connectivity index (χ3n) is 1.56. The van der Waals surface area contributed by atoms with E-state index in [0.717, 1.165) is 19.3 Å². The SMILES string of the molecule is CCCC=CCCCC=CC#N. The van der Waals surface area contributed by atoms with Crippen molar-refractivity contribution in [3.8, 4) is 6.07 Å². The highest BCUT2D eigenvalue weighted by molar-refractivity contribution is 5.01. The van der Waals surface area contributed by atoms with E-state index in [1.807, 2.05) is 12.1 Å². The van der Waals surface area contributed by atoms with Gasteiger partial charge in [0.2, 0.25) is 0 Å². The minimum absolute atomic E-state index is 1.02. The zero-order valence-corrected chi connectivity index (χ0v) is 7.79. The van der Waals surface area contributed by atoms with Gasteiger partial charge in [0.05, 0.1) is 6.07 Å². The van der Waals surface area contributed by atoms with Crippen LogP contribution in [0.5, 0.6) is 0 Å². The first-order chi connectivity index (χ1) is 5.91. The summed E-state index contributed by atoms with van der Waals surface area (Å²) in [7, 11) is 0. The van der Waals surface area contributed by atoms with Gasteiger partial charge in [-0.1, -0.05) is 31.6 Å². The largest absolute Gasteiger partial charge is 0.193 e. The highest BCUT2D eigenvalue weighted by Crippen LogP contribution is 1.99. The molecule has 0 saturated carbocycles. The third-order valence-corrected chi connectivity index (χ3v) is 1.56. The number of hydrogen-bond acceptors (Lipinski definition) is 1. The molecule has 0 spiro atoms. The van der Waals surface area contributed by atoms with Crippen molar-refractivity contribution in [2.75, 3.05) is 0 Å². The number of unbranched alkanes of at least 4 members (excludes halogenated alkanes) is 3. The zero-order valence-electron chi connectivity index (χ0n) is 7.79. The molecular weight excluding hydrogens is 146 g/mol. The summed E-state index contributed by atoms with van der Waals surface area (Å²) in [6, 6.07) is 1.98. The van der Waals surface area contributed by atoms with Gasteiger partial charge in [0.25, 0.3) is 0 Å². The topological polar surface area (TPSA) is 23.8 Å².